The zero-order valence-electron chi connectivity index (χ0n) is 11.6. The van der Waals surface area contributed by atoms with Gasteiger partial charge in [0.1, 0.15) is 5.69 Å². The van der Waals surface area contributed by atoms with Gasteiger partial charge in [0.25, 0.3) is 0 Å². The molecule has 1 aromatic rings. The molecule has 1 aliphatic rings. The second-order valence-corrected chi connectivity index (χ2v) is 5.52. The third-order valence-corrected chi connectivity index (χ3v) is 4.25. The second-order valence-electron chi connectivity index (χ2n) is 5.52. The van der Waals surface area contributed by atoms with Gasteiger partial charge in [-0.2, -0.15) is 0 Å². The van der Waals surface area contributed by atoms with Crippen molar-refractivity contribution in [1.82, 2.24) is 4.57 Å². The topological polar surface area (TPSA) is 59.3 Å². The average Bonchev–Trinajstić information content (AvgIpc) is 2.84. The van der Waals surface area contributed by atoms with Crippen molar-refractivity contribution in [2.24, 2.45) is 5.92 Å². The molecule has 2 rings (SSSR count). The molecule has 104 valence electrons. The zero-order chi connectivity index (χ0) is 14.0. The first-order chi connectivity index (χ1) is 9.00. The first kappa shape index (κ1) is 13.8. The fraction of sp³-hybridized carbons (Fsp3) is 0.600. The van der Waals surface area contributed by atoms with Gasteiger partial charge in [0, 0.05) is 17.8 Å². The van der Waals surface area contributed by atoms with Crippen LogP contribution in [0, 0.1) is 5.92 Å². The van der Waals surface area contributed by atoms with Crippen molar-refractivity contribution in [2.75, 3.05) is 0 Å². The van der Waals surface area contributed by atoms with Crippen LogP contribution < -0.4 is 0 Å². The lowest BCUT2D eigenvalue weighted by Crippen LogP contribution is -2.21. The number of carboxylic acid groups (broad SMARTS) is 1. The summed E-state index contributed by atoms with van der Waals surface area (Å²) in [6, 6.07) is 1.63. The van der Waals surface area contributed by atoms with Crippen LogP contribution in [0.15, 0.2) is 12.3 Å². The van der Waals surface area contributed by atoms with Crippen molar-refractivity contribution in [3.05, 3.63) is 23.5 Å². The molecule has 4 heteroatoms. The van der Waals surface area contributed by atoms with E-state index >= 15 is 0 Å². The molecule has 4 nitrogen and oxygen atoms in total. The molecule has 1 fully saturated rings. The Morgan fingerprint density at radius 1 is 1.32 bits per heavy atom. The monoisotopic (exact) mass is 263 g/mol. The summed E-state index contributed by atoms with van der Waals surface area (Å²) in [5.41, 5.74) is 0.711. The third-order valence-electron chi connectivity index (χ3n) is 4.25. The highest BCUT2D eigenvalue weighted by Gasteiger charge is 2.25. The molecule has 0 radical (unpaired) electrons. The summed E-state index contributed by atoms with van der Waals surface area (Å²) in [6.07, 6.45) is 7.71. The van der Waals surface area contributed by atoms with Crippen molar-refractivity contribution < 1.29 is 14.7 Å². The summed E-state index contributed by atoms with van der Waals surface area (Å²) < 4.78 is 1.77. The quantitative estimate of drug-likeness (QED) is 0.845. The lowest BCUT2D eigenvalue weighted by molar-refractivity contribution is 0.0679. The van der Waals surface area contributed by atoms with Gasteiger partial charge in [0.15, 0.2) is 5.78 Å². The van der Waals surface area contributed by atoms with Gasteiger partial charge in [0.2, 0.25) is 0 Å². The normalized spacial score (nSPS) is 18.2. The van der Waals surface area contributed by atoms with E-state index in [-0.39, 0.29) is 17.5 Å². The Labute approximate surface area is 113 Å². The summed E-state index contributed by atoms with van der Waals surface area (Å²) in [5.74, 6) is -0.536. The maximum atomic E-state index is 11.4. The van der Waals surface area contributed by atoms with E-state index in [1.807, 2.05) is 0 Å². The average molecular weight is 263 g/mol. The van der Waals surface area contributed by atoms with Crippen LogP contribution in [-0.4, -0.2) is 21.4 Å². The lowest BCUT2D eigenvalue weighted by Gasteiger charge is -2.29. The summed E-state index contributed by atoms with van der Waals surface area (Å²) in [6.45, 7) is 3.53. The van der Waals surface area contributed by atoms with E-state index in [4.69, 9.17) is 0 Å². The summed E-state index contributed by atoms with van der Waals surface area (Å²) in [5, 5.41) is 9.28. The highest BCUT2D eigenvalue weighted by atomic mass is 16.4. The molecule has 0 aliphatic heterocycles. The van der Waals surface area contributed by atoms with Crippen molar-refractivity contribution in [1.29, 1.82) is 0 Å². The largest absolute Gasteiger partial charge is 0.477 e. The number of ketones is 1. The number of aromatic carboxylic acids is 1. The van der Waals surface area contributed by atoms with Crippen LogP contribution >= 0.6 is 0 Å². The first-order valence-corrected chi connectivity index (χ1v) is 6.97. The van der Waals surface area contributed by atoms with Gasteiger partial charge in [-0.25, -0.2) is 4.79 Å². The van der Waals surface area contributed by atoms with Crippen LogP contribution in [0.5, 0.6) is 0 Å². The van der Waals surface area contributed by atoms with Crippen LogP contribution in [0.25, 0.3) is 0 Å². The predicted octanol–water partition coefficient (Wildman–Crippen LogP) is 3.53. The molecule has 1 aliphatic carbocycles. The fourth-order valence-electron chi connectivity index (χ4n) is 3.02. The maximum Gasteiger partial charge on any atom is 0.352 e. The Bertz CT molecular complexity index is 484. The van der Waals surface area contributed by atoms with Crippen LogP contribution in [0.4, 0.5) is 0 Å². The molecule has 0 aromatic carbocycles. The van der Waals surface area contributed by atoms with Gasteiger partial charge < -0.3 is 9.67 Å². The van der Waals surface area contributed by atoms with Gasteiger partial charge in [-0.15, -0.1) is 0 Å². The molecule has 0 amide bonds. The number of hydrogen-bond donors (Lipinski definition) is 1. The highest BCUT2D eigenvalue weighted by molar-refractivity contribution is 5.97. The molecular weight excluding hydrogens is 242 g/mol. The molecule has 1 N–H and O–H groups in total. The number of nitrogens with zero attached hydrogens (tertiary/aromatic N) is 1. The minimum atomic E-state index is -0.963. The van der Waals surface area contributed by atoms with E-state index < -0.39 is 5.97 Å². The number of carbonyl (C=O) groups is 2. The smallest absolute Gasteiger partial charge is 0.352 e. The number of hydrogen-bond acceptors (Lipinski definition) is 2. The standard InChI is InChI=1S/C15H21NO3/c1-10(12-6-4-3-5-7-12)16-9-13(11(2)17)8-14(16)15(18)19/h8-10,12H,3-7H2,1-2H3,(H,18,19). The Hall–Kier alpha value is -1.58. The SMILES string of the molecule is CC(=O)c1cc(C(=O)O)n(C(C)C2CCCCC2)c1. The van der Waals surface area contributed by atoms with Gasteiger partial charge in [-0.05, 0) is 38.7 Å². The summed E-state index contributed by atoms with van der Waals surface area (Å²) in [4.78, 5) is 22.7. The third kappa shape index (κ3) is 2.88. The highest BCUT2D eigenvalue weighted by Crippen LogP contribution is 2.33. The molecular formula is C15H21NO3. The number of Topliss-reactive ketones (excluding diaryl/α,β-unsaturated/α-hetero) is 1. The molecule has 1 saturated carbocycles. The van der Waals surface area contributed by atoms with Gasteiger partial charge in [0.05, 0.1) is 0 Å². The van der Waals surface area contributed by atoms with Crippen molar-refractivity contribution in [3.63, 3.8) is 0 Å². The van der Waals surface area contributed by atoms with Crippen LogP contribution in [0.3, 0.4) is 0 Å². The minimum Gasteiger partial charge on any atom is -0.477 e. The molecule has 0 spiro atoms. The van der Waals surface area contributed by atoms with E-state index in [0.29, 0.717) is 11.5 Å². The van der Waals surface area contributed by atoms with E-state index in [1.165, 1.54) is 32.3 Å². The number of rotatable bonds is 4. The fourth-order valence-corrected chi connectivity index (χ4v) is 3.02. The second kappa shape index (κ2) is 5.59. The number of aromatic nitrogens is 1. The van der Waals surface area contributed by atoms with Crippen molar-refractivity contribution in [2.45, 2.75) is 52.0 Å². The molecule has 19 heavy (non-hydrogen) atoms. The Morgan fingerprint density at radius 2 is 1.95 bits per heavy atom. The Kier molecular flexibility index (Phi) is 4.08. The molecule has 0 bridgehead atoms. The van der Waals surface area contributed by atoms with E-state index in [2.05, 4.69) is 6.92 Å². The lowest BCUT2D eigenvalue weighted by atomic mass is 9.84. The summed E-state index contributed by atoms with van der Waals surface area (Å²) >= 11 is 0. The van der Waals surface area contributed by atoms with E-state index in [9.17, 15) is 14.7 Å². The zero-order valence-corrected chi connectivity index (χ0v) is 11.6. The van der Waals surface area contributed by atoms with Gasteiger partial charge in [-0.3, -0.25) is 4.79 Å². The molecule has 1 aromatic heterocycles. The molecule has 1 heterocycles. The van der Waals surface area contributed by atoms with E-state index in [0.717, 1.165) is 12.8 Å². The Morgan fingerprint density at radius 3 is 2.47 bits per heavy atom. The minimum absolute atomic E-state index is 0.0860. The van der Waals surface area contributed by atoms with Crippen LogP contribution in [-0.2, 0) is 0 Å². The number of carboxylic acids is 1. The van der Waals surface area contributed by atoms with Crippen LogP contribution in [0.2, 0.25) is 0 Å². The van der Waals surface area contributed by atoms with Crippen LogP contribution in [0.1, 0.15) is 72.8 Å². The number of carbonyl (C=O) groups excluding carboxylic acids is 1. The van der Waals surface area contributed by atoms with E-state index in [1.54, 1.807) is 10.8 Å². The van der Waals surface area contributed by atoms with Gasteiger partial charge >= 0.3 is 5.97 Å². The predicted molar refractivity (Wildman–Crippen MR) is 72.7 cm³/mol. The maximum absolute atomic E-state index is 11.4. The summed E-state index contributed by atoms with van der Waals surface area (Å²) in [7, 11) is 0. The molecule has 1 unspecified atom stereocenters. The Balaban J connectivity index is 2.30. The van der Waals surface area contributed by atoms with Gasteiger partial charge in [-0.1, -0.05) is 19.3 Å². The van der Waals surface area contributed by atoms with Crippen molar-refractivity contribution in [3.8, 4) is 0 Å². The first-order valence-electron chi connectivity index (χ1n) is 6.97. The van der Waals surface area contributed by atoms with Crippen molar-refractivity contribution >= 4 is 11.8 Å². The molecule has 1 atom stereocenters. The molecule has 0 saturated heterocycles.